The fraction of sp³-hybridized carbons (Fsp3) is 0.429. The van der Waals surface area contributed by atoms with E-state index >= 15 is 0 Å². The Bertz CT molecular complexity index is 542. The van der Waals surface area contributed by atoms with E-state index in [1.54, 1.807) is 37.6 Å². The average molecular weight is 267 g/mol. The Balaban J connectivity index is 2.43. The zero-order chi connectivity index (χ0) is 13.9. The standard InChI is InChI=1S/C14H18FNO3/c1-16-13(4-6-17)14(18,9-15)11-3-2-10-5-7-19-12(10)8-11/h2-3,5,7-8,13,16-18H,4,6,9H2,1H3/t13-,14-/m1/s1. The molecule has 1 aromatic heterocycles. The number of aliphatic hydroxyl groups is 2. The number of likely N-dealkylation sites (N-methyl/N-ethyl adjacent to an activating group) is 1. The Labute approximate surface area is 110 Å². The predicted octanol–water partition coefficient (Wildman–Crippen LogP) is 1.56. The van der Waals surface area contributed by atoms with Crippen LogP contribution in [-0.2, 0) is 5.60 Å². The van der Waals surface area contributed by atoms with Gasteiger partial charge in [0.05, 0.1) is 6.26 Å². The van der Waals surface area contributed by atoms with Crippen LogP contribution in [0.25, 0.3) is 11.0 Å². The number of rotatable bonds is 6. The topological polar surface area (TPSA) is 65.6 Å². The van der Waals surface area contributed by atoms with Crippen LogP contribution in [0.4, 0.5) is 4.39 Å². The number of aliphatic hydroxyl groups excluding tert-OH is 1. The first kappa shape index (κ1) is 14.0. The number of halogens is 1. The average Bonchev–Trinajstić information content (AvgIpc) is 2.91. The summed E-state index contributed by atoms with van der Waals surface area (Å²) < 4.78 is 18.7. The van der Waals surface area contributed by atoms with Crippen LogP contribution in [0.1, 0.15) is 12.0 Å². The van der Waals surface area contributed by atoms with Crippen LogP contribution in [0.5, 0.6) is 0 Å². The Kier molecular flexibility index (Phi) is 4.19. The minimum Gasteiger partial charge on any atom is -0.464 e. The Morgan fingerprint density at radius 2 is 2.21 bits per heavy atom. The van der Waals surface area contributed by atoms with E-state index in [1.807, 2.05) is 0 Å². The summed E-state index contributed by atoms with van der Waals surface area (Å²) in [5.74, 6) is 0. The molecule has 0 amide bonds. The molecule has 0 aliphatic carbocycles. The number of nitrogens with one attached hydrogen (secondary N) is 1. The molecule has 0 saturated heterocycles. The number of fused-ring (bicyclic) bond motifs is 1. The monoisotopic (exact) mass is 267 g/mol. The van der Waals surface area contributed by atoms with E-state index in [0.717, 1.165) is 5.39 Å². The molecule has 4 nitrogen and oxygen atoms in total. The van der Waals surface area contributed by atoms with Gasteiger partial charge in [-0.15, -0.1) is 0 Å². The van der Waals surface area contributed by atoms with Gasteiger partial charge in [-0.2, -0.15) is 0 Å². The molecule has 0 aliphatic heterocycles. The van der Waals surface area contributed by atoms with Gasteiger partial charge < -0.3 is 19.9 Å². The van der Waals surface area contributed by atoms with Crippen LogP contribution in [0.15, 0.2) is 34.9 Å². The largest absolute Gasteiger partial charge is 0.464 e. The van der Waals surface area contributed by atoms with Gasteiger partial charge in [-0.25, -0.2) is 4.39 Å². The minimum atomic E-state index is -1.68. The molecule has 1 aromatic carbocycles. The molecular weight excluding hydrogens is 249 g/mol. The van der Waals surface area contributed by atoms with E-state index in [0.29, 0.717) is 11.1 Å². The fourth-order valence-corrected chi connectivity index (χ4v) is 2.35. The van der Waals surface area contributed by atoms with Crippen molar-refractivity contribution in [3.63, 3.8) is 0 Å². The maximum Gasteiger partial charge on any atom is 0.134 e. The SMILES string of the molecule is CN[C@H](CCO)[C@@](O)(CF)c1ccc2ccoc2c1. The van der Waals surface area contributed by atoms with Crippen molar-refractivity contribution in [1.29, 1.82) is 0 Å². The molecule has 104 valence electrons. The first-order valence-corrected chi connectivity index (χ1v) is 6.20. The Hall–Kier alpha value is -1.43. The van der Waals surface area contributed by atoms with Crippen LogP contribution < -0.4 is 5.32 Å². The molecule has 0 spiro atoms. The number of alkyl halides is 1. The molecule has 3 N–H and O–H groups in total. The van der Waals surface area contributed by atoms with Crippen molar-refractivity contribution < 1.29 is 19.0 Å². The van der Waals surface area contributed by atoms with Crippen LogP contribution in [0.2, 0.25) is 0 Å². The van der Waals surface area contributed by atoms with Crippen molar-refractivity contribution in [3.8, 4) is 0 Å². The lowest BCUT2D eigenvalue weighted by atomic mass is 9.85. The summed E-state index contributed by atoms with van der Waals surface area (Å²) in [7, 11) is 1.63. The van der Waals surface area contributed by atoms with Gasteiger partial charge in [0.25, 0.3) is 0 Å². The second-order valence-corrected chi connectivity index (χ2v) is 4.58. The van der Waals surface area contributed by atoms with Gasteiger partial charge in [-0.3, -0.25) is 0 Å². The first-order valence-electron chi connectivity index (χ1n) is 6.20. The molecule has 0 unspecified atom stereocenters. The summed E-state index contributed by atoms with van der Waals surface area (Å²) in [5.41, 5.74) is -0.646. The molecule has 19 heavy (non-hydrogen) atoms. The van der Waals surface area contributed by atoms with Crippen molar-refractivity contribution in [1.82, 2.24) is 5.32 Å². The fourth-order valence-electron chi connectivity index (χ4n) is 2.35. The molecule has 0 aliphatic rings. The lowest BCUT2D eigenvalue weighted by Crippen LogP contribution is -2.49. The molecule has 2 aromatic rings. The highest BCUT2D eigenvalue weighted by atomic mass is 19.1. The van der Waals surface area contributed by atoms with Gasteiger partial charge in [0.15, 0.2) is 0 Å². The third-order valence-corrected chi connectivity index (χ3v) is 3.50. The van der Waals surface area contributed by atoms with E-state index in [-0.39, 0.29) is 13.0 Å². The smallest absolute Gasteiger partial charge is 0.134 e. The molecule has 0 bridgehead atoms. The van der Waals surface area contributed by atoms with Crippen molar-refractivity contribution in [3.05, 3.63) is 36.1 Å². The van der Waals surface area contributed by atoms with Gasteiger partial charge >= 0.3 is 0 Å². The second kappa shape index (κ2) is 5.69. The zero-order valence-electron chi connectivity index (χ0n) is 10.8. The summed E-state index contributed by atoms with van der Waals surface area (Å²) in [4.78, 5) is 0. The first-order chi connectivity index (χ1) is 9.15. The summed E-state index contributed by atoms with van der Waals surface area (Å²) in [6, 6.07) is 6.32. The summed E-state index contributed by atoms with van der Waals surface area (Å²) in [6.07, 6.45) is 1.80. The van der Waals surface area contributed by atoms with E-state index in [2.05, 4.69) is 5.32 Å². The van der Waals surface area contributed by atoms with Crippen molar-refractivity contribution in [2.75, 3.05) is 20.3 Å². The molecule has 2 rings (SSSR count). The summed E-state index contributed by atoms with van der Waals surface area (Å²) in [6.45, 7) is -1.07. The van der Waals surface area contributed by atoms with Crippen molar-refractivity contribution in [2.45, 2.75) is 18.1 Å². The number of furan rings is 1. The Morgan fingerprint density at radius 1 is 1.42 bits per heavy atom. The molecule has 1 heterocycles. The van der Waals surface area contributed by atoms with E-state index in [9.17, 15) is 9.50 Å². The molecule has 0 saturated carbocycles. The van der Waals surface area contributed by atoms with E-state index in [1.165, 1.54) is 0 Å². The third kappa shape index (κ3) is 2.49. The lowest BCUT2D eigenvalue weighted by molar-refractivity contribution is -0.0293. The highest BCUT2D eigenvalue weighted by Gasteiger charge is 2.38. The van der Waals surface area contributed by atoms with E-state index < -0.39 is 18.3 Å². The van der Waals surface area contributed by atoms with Crippen LogP contribution >= 0.6 is 0 Å². The summed E-state index contributed by atoms with van der Waals surface area (Å²) in [5, 5.41) is 23.4. The van der Waals surface area contributed by atoms with Crippen molar-refractivity contribution in [2.24, 2.45) is 0 Å². The van der Waals surface area contributed by atoms with Crippen LogP contribution in [0.3, 0.4) is 0 Å². The van der Waals surface area contributed by atoms with Gasteiger partial charge in [0.2, 0.25) is 0 Å². The second-order valence-electron chi connectivity index (χ2n) is 4.58. The summed E-state index contributed by atoms with van der Waals surface area (Å²) >= 11 is 0. The molecular formula is C14H18FNO3. The molecule has 0 radical (unpaired) electrons. The van der Waals surface area contributed by atoms with E-state index in [4.69, 9.17) is 9.52 Å². The highest BCUT2D eigenvalue weighted by molar-refractivity contribution is 5.77. The maximum absolute atomic E-state index is 13.4. The van der Waals surface area contributed by atoms with Crippen LogP contribution in [0, 0.1) is 0 Å². The van der Waals surface area contributed by atoms with Gasteiger partial charge in [-0.05, 0) is 31.2 Å². The zero-order valence-corrected chi connectivity index (χ0v) is 10.8. The van der Waals surface area contributed by atoms with Gasteiger partial charge in [0, 0.05) is 18.0 Å². The van der Waals surface area contributed by atoms with Crippen molar-refractivity contribution >= 4 is 11.0 Å². The quantitative estimate of drug-likeness (QED) is 0.743. The highest BCUT2D eigenvalue weighted by Crippen LogP contribution is 2.30. The maximum atomic E-state index is 13.4. The van der Waals surface area contributed by atoms with Crippen LogP contribution in [-0.4, -0.2) is 36.6 Å². The third-order valence-electron chi connectivity index (χ3n) is 3.50. The molecule has 5 heteroatoms. The van der Waals surface area contributed by atoms with Gasteiger partial charge in [-0.1, -0.05) is 12.1 Å². The number of benzene rings is 1. The normalized spacial score (nSPS) is 16.4. The minimum absolute atomic E-state index is 0.128. The Morgan fingerprint density at radius 3 is 2.84 bits per heavy atom. The number of hydrogen-bond acceptors (Lipinski definition) is 4. The molecule has 0 fully saturated rings. The molecule has 2 atom stereocenters. The predicted molar refractivity (Wildman–Crippen MR) is 70.6 cm³/mol. The number of hydrogen-bond donors (Lipinski definition) is 3. The van der Waals surface area contributed by atoms with Gasteiger partial charge in [0.1, 0.15) is 17.9 Å². The lowest BCUT2D eigenvalue weighted by Gasteiger charge is -2.34.